The van der Waals surface area contributed by atoms with Crippen LogP contribution in [-0.2, 0) is 5.54 Å². The summed E-state index contributed by atoms with van der Waals surface area (Å²) < 4.78 is 6.31. The fraction of sp³-hybridized carbons (Fsp3) is 0.421. The molecule has 6 nitrogen and oxygen atoms in total. The number of aliphatic hydroxyl groups is 1. The summed E-state index contributed by atoms with van der Waals surface area (Å²) in [5.74, 6) is 1.90. The Morgan fingerprint density at radius 1 is 1.19 bits per heavy atom. The second-order valence-corrected chi connectivity index (χ2v) is 8.23. The average Bonchev–Trinajstić information content (AvgIpc) is 3.04. The number of fused-ring (bicyclic) bond motifs is 4. The quantitative estimate of drug-likeness (QED) is 0.802. The molecule has 0 saturated heterocycles. The number of rotatable bonds is 1. The third-order valence-corrected chi connectivity index (χ3v) is 6.72. The van der Waals surface area contributed by atoms with Crippen LogP contribution in [0.2, 0.25) is 0 Å². The summed E-state index contributed by atoms with van der Waals surface area (Å²) in [4.78, 5) is 13.2. The number of aliphatic hydroxyl groups excluding tert-OH is 1. The Balaban J connectivity index is 1.66. The molecule has 2 aliphatic heterocycles. The average molecular weight is 368 g/mol. The Kier molecular flexibility index (Phi) is 3.68. The van der Waals surface area contributed by atoms with Crippen molar-refractivity contribution < 1.29 is 9.84 Å². The first-order valence-corrected chi connectivity index (χ1v) is 9.87. The Labute approximate surface area is 155 Å². The van der Waals surface area contributed by atoms with Gasteiger partial charge in [-0.05, 0) is 30.5 Å². The number of benzene rings is 1. The van der Waals surface area contributed by atoms with E-state index in [1.54, 1.807) is 11.8 Å². The van der Waals surface area contributed by atoms with Crippen LogP contribution in [0.5, 0.6) is 5.75 Å². The number of amidine groups is 1. The molecule has 3 N–H and O–H groups in total. The monoisotopic (exact) mass is 368 g/mol. The van der Waals surface area contributed by atoms with E-state index >= 15 is 0 Å². The maximum atomic E-state index is 10.1. The Hall–Kier alpha value is -2.12. The maximum Gasteiger partial charge on any atom is 0.154 e. The molecule has 1 spiro atoms. The minimum absolute atomic E-state index is 0.0209. The summed E-state index contributed by atoms with van der Waals surface area (Å²) in [5.41, 5.74) is 8.83. The van der Waals surface area contributed by atoms with Crippen LogP contribution in [0.15, 0.2) is 41.9 Å². The molecule has 1 aliphatic carbocycles. The lowest BCUT2D eigenvalue weighted by Gasteiger charge is -2.48. The summed E-state index contributed by atoms with van der Waals surface area (Å²) in [6.07, 6.45) is 7.16. The molecule has 5 rings (SSSR count). The predicted molar refractivity (Wildman–Crippen MR) is 101 cm³/mol. The fourth-order valence-corrected chi connectivity index (χ4v) is 5.55. The molecule has 7 heteroatoms. The van der Waals surface area contributed by atoms with Crippen LogP contribution >= 0.6 is 11.8 Å². The SMILES string of the molecule is NC1=N[C@]2(CS1)c1cc(-c3cncnc3)ccc1OC1C[C@@H](O)CC[C@H]12. The van der Waals surface area contributed by atoms with Gasteiger partial charge in [-0.25, -0.2) is 15.0 Å². The largest absolute Gasteiger partial charge is 0.490 e. The molecule has 1 unspecified atom stereocenters. The lowest BCUT2D eigenvalue weighted by molar-refractivity contribution is -0.0246. The highest BCUT2D eigenvalue weighted by Gasteiger charge is 2.54. The summed E-state index contributed by atoms with van der Waals surface area (Å²) in [6.45, 7) is 0. The molecule has 3 heterocycles. The summed E-state index contributed by atoms with van der Waals surface area (Å²) in [7, 11) is 0. The van der Waals surface area contributed by atoms with Crippen LogP contribution in [0.3, 0.4) is 0 Å². The smallest absolute Gasteiger partial charge is 0.154 e. The van der Waals surface area contributed by atoms with Crippen LogP contribution in [-0.4, -0.2) is 38.2 Å². The van der Waals surface area contributed by atoms with Crippen LogP contribution in [0.1, 0.15) is 24.8 Å². The summed E-state index contributed by atoms with van der Waals surface area (Å²) >= 11 is 1.61. The molecule has 1 aromatic carbocycles. The van der Waals surface area contributed by atoms with Crippen LogP contribution < -0.4 is 10.5 Å². The zero-order valence-electron chi connectivity index (χ0n) is 14.2. The van der Waals surface area contributed by atoms with Crippen molar-refractivity contribution >= 4 is 16.9 Å². The molecule has 3 aliphatic rings. The number of nitrogens with two attached hydrogens (primary N) is 1. The van der Waals surface area contributed by atoms with E-state index in [1.165, 1.54) is 6.33 Å². The standard InChI is InChI=1S/C19H20N4O2S/c20-18-23-19(9-26-18)14-3-2-13(24)6-17(14)25-16-4-1-11(5-15(16)19)12-7-21-10-22-8-12/h1,4-5,7-8,10,13-14,17,24H,2-3,6,9H2,(H2,20,23)/t13-,14+,17?,19-/m0/s1. The number of nitrogens with zero attached hydrogens (tertiary/aromatic N) is 3. The van der Waals surface area contributed by atoms with Crippen molar-refractivity contribution in [2.75, 3.05) is 5.75 Å². The Morgan fingerprint density at radius 2 is 2.04 bits per heavy atom. The third kappa shape index (κ3) is 2.41. The molecule has 1 aromatic heterocycles. The van der Waals surface area contributed by atoms with Gasteiger partial charge in [0.25, 0.3) is 0 Å². The van der Waals surface area contributed by atoms with Crippen molar-refractivity contribution in [3.05, 3.63) is 42.5 Å². The fourth-order valence-electron chi connectivity index (χ4n) is 4.52. The van der Waals surface area contributed by atoms with E-state index < -0.39 is 0 Å². The molecule has 4 atom stereocenters. The summed E-state index contributed by atoms with van der Waals surface area (Å²) in [5, 5.41) is 10.7. The van der Waals surface area contributed by atoms with Gasteiger partial charge < -0.3 is 15.6 Å². The van der Waals surface area contributed by atoms with Crippen molar-refractivity contribution in [3.8, 4) is 16.9 Å². The number of ether oxygens (including phenoxy) is 1. The second-order valence-electron chi connectivity index (χ2n) is 7.23. The molecule has 0 radical (unpaired) electrons. The predicted octanol–water partition coefficient (Wildman–Crippen LogP) is 2.32. The lowest BCUT2D eigenvalue weighted by Crippen LogP contribution is -2.51. The number of hydrogen-bond donors (Lipinski definition) is 2. The van der Waals surface area contributed by atoms with Crippen molar-refractivity contribution in [2.45, 2.75) is 37.0 Å². The normalized spacial score (nSPS) is 32.5. The van der Waals surface area contributed by atoms with Crippen molar-refractivity contribution in [3.63, 3.8) is 0 Å². The lowest BCUT2D eigenvalue weighted by atomic mass is 9.68. The van der Waals surface area contributed by atoms with Crippen LogP contribution in [0.25, 0.3) is 11.1 Å². The molecular weight excluding hydrogens is 348 g/mol. The number of thioether (sulfide) groups is 1. The molecule has 0 bridgehead atoms. The number of hydrogen-bond acceptors (Lipinski definition) is 7. The minimum atomic E-state index is -0.376. The molecular formula is C19H20N4O2S. The molecule has 0 amide bonds. The van der Waals surface area contributed by atoms with E-state index in [2.05, 4.69) is 16.0 Å². The maximum absolute atomic E-state index is 10.1. The van der Waals surface area contributed by atoms with Crippen LogP contribution in [0.4, 0.5) is 0 Å². The first kappa shape index (κ1) is 16.1. The molecule has 1 saturated carbocycles. The topological polar surface area (TPSA) is 93.6 Å². The Morgan fingerprint density at radius 3 is 2.81 bits per heavy atom. The van der Waals surface area contributed by atoms with Gasteiger partial charge in [-0.15, -0.1) is 0 Å². The van der Waals surface area contributed by atoms with Crippen molar-refractivity contribution in [1.29, 1.82) is 0 Å². The van der Waals surface area contributed by atoms with E-state index in [1.807, 2.05) is 24.5 Å². The van der Waals surface area contributed by atoms with Crippen LogP contribution in [0, 0.1) is 5.92 Å². The number of aliphatic imine (C=N–C) groups is 1. The van der Waals surface area contributed by atoms with Gasteiger partial charge in [-0.2, -0.15) is 0 Å². The highest BCUT2D eigenvalue weighted by molar-refractivity contribution is 8.14. The van der Waals surface area contributed by atoms with Gasteiger partial charge in [0.15, 0.2) is 5.17 Å². The van der Waals surface area contributed by atoms with E-state index in [9.17, 15) is 5.11 Å². The second kappa shape index (κ2) is 5.96. The summed E-state index contributed by atoms with van der Waals surface area (Å²) in [6, 6.07) is 6.18. The third-order valence-electron chi connectivity index (χ3n) is 5.75. The first-order chi connectivity index (χ1) is 12.7. The zero-order valence-corrected chi connectivity index (χ0v) is 15.0. The molecule has 1 fully saturated rings. The first-order valence-electron chi connectivity index (χ1n) is 8.88. The van der Waals surface area contributed by atoms with Gasteiger partial charge in [0.05, 0.1) is 6.10 Å². The number of aromatic nitrogens is 2. The highest BCUT2D eigenvalue weighted by atomic mass is 32.2. The zero-order chi connectivity index (χ0) is 17.7. The van der Waals surface area contributed by atoms with Crippen molar-refractivity contribution in [2.24, 2.45) is 16.6 Å². The molecule has 2 aromatic rings. The van der Waals surface area contributed by atoms with Crippen molar-refractivity contribution in [1.82, 2.24) is 9.97 Å². The molecule has 26 heavy (non-hydrogen) atoms. The highest BCUT2D eigenvalue weighted by Crippen LogP contribution is 2.54. The Bertz CT molecular complexity index is 875. The van der Waals surface area contributed by atoms with Gasteiger partial charge in [0.1, 0.15) is 23.7 Å². The minimum Gasteiger partial charge on any atom is -0.490 e. The van der Waals surface area contributed by atoms with E-state index in [0.717, 1.165) is 41.0 Å². The van der Waals surface area contributed by atoms with Gasteiger partial charge in [-0.3, -0.25) is 0 Å². The van der Waals surface area contributed by atoms with E-state index in [0.29, 0.717) is 11.6 Å². The van der Waals surface area contributed by atoms with E-state index in [-0.39, 0.29) is 23.7 Å². The van der Waals surface area contributed by atoms with E-state index in [4.69, 9.17) is 15.5 Å². The van der Waals surface area contributed by atoms with Gasteiger partial charge in [0.2, 0.25) is 0 Å². The van der Waals surface area contributed by atoms with Gasteiger partial charge in [0, 0.05) is 41.6 Å². The van der Waals surface area contributed by atoms with Gasteiger partial charge in [-0.1, -0.05) is 17.8 Å². The molecule has 134 valence electrons. The van der Waals surface area contributed by atoms with Gasteiger partial charge >= 0.3 is 0 Å².